The molecule has 0 aliphatic rings. The highest BCUT2D eigenvalue weighted by molar-refractivity contribution is 7.13. The van der Waals surface area contributed by atoms with Crippen molar-refractivity contribution in [2.45, 2.75) is 32.7 Å². The molecule has 1 aromatic rings. The van der Waals surface area contributed by atoms with Gasteiger partial charge in [0.05, 0.1) is 0 Å². The molecule has 1 rings (SSSR count). The maximum Gasteiger partial charge on any atom is 0.235 e. The Kier molecular flexibility index (Phi) is 7.31. The van der Waals surface area contributed by atoms with E-state index in [1.54, 1.807) is 11.6 Å². The number of carbonyl (C=O) groups excluding carboxylic acids is 2. The van der Waals surface area contributed by atoms with Crippen LogP contribution in [-0.4, -0.2) is 48.4 Å². The minimum absolute atomic E-state index is 0.179. The van der Waals surface area contributed by atoms with Gasteiger partial charge in [-0.2, -0.15) is 0 Å². The zero-order valence-corrected chi connectivity index (χ0v) is 13.9. The number of nitrogens with zero attached hydrogens (tertiary/aromatic N) is 2. The second-order valence-corrected chi connectivity index (χ2v) is 6.51. The van der Waals surface area contributed by atoms with Crippen LogP contribution in [0.3, 0.4) is 0 Å². The van der Waals surface area contributed by atoms with E-state index in [0.717, 1.165) is 6.42 Å². The zero-order valence-electron chi connectivity index (χ0n) is 13.0. The van der Waals surface area contributed by atoms with Crippen LogP contribution in [0, 0.1) is 5.92 Å². The predicted molar refractivity (Wildman–Crippen MR) is 85.3 cm³/mol. The van der Waals surface area contributed by atoms with E-state index in [0.29, 0.717) is 17.6 Å². The first-order chi connectivity index (χ1) is 9.88. The summed E-state index contributed by atoms with van der Waals surface area (Å²) in [4.78, 5) is 29.5. The maximum absolute atomic E-state index is 11.8. The fraction of sp³-hybridized carbons (Fsp3) is 0.643. The number of hydrogen-bond donors (Lipinski definition) is 2. The Morgan fingerprint density at radius 1 is 1.33 bits per heavy atom. The van der Waals surface area contributed by atoms with Crippen LogP contribution in [-0.2, 0) is 9.59 Å². The molecule has 7 heteroatoms. The molecule has 0 aliphatic heterocycles. The number of likely N-dealkylation sites (N-methyl/N-ethyl adjacent to an activating group) is 1. The summed E-state index contributed by atoms with van der Waals surface area (Å²) in [5.74, 6) is -0.0464. The molecule has 0 saturated carbocycles. The van der Waals surface area contributed by atoms with Gasteiger partial charge in [0.2, 0.25) is 11.8 Å². The van der Waals surface area contributed by atoms with E-state index in [4.69, 9.17) is 0 Å². The van der Waals surface area contributed by atoms with Crippen LogP contribution in [0.5, 0.6) is 0 Å². The molecule has 0 fully saturated rings. The van der Waals surface area contributed by atoms with Crippen molar-refractivity contribution in [3.8, 4) is 0 Å². The molecule has 0 saturated heterocycles. The van der Waals surface area contributed by atoms with E-state index < -0.39 is 0 Å². The summed E-state index contributed by atoms with van der Waals surface area (Å²) in [6, 6.07) is 0.274. The van der Waals surface area contributed by atoms with Gasteiger partial charge in [0.15, 0.2) is 5.13 Å². The molecule has 0 radical (unpaired) electrons. The molecule has 1 aromatic heterocycles. The summed E-state index contributed by atoms with van der Waals surface area (Å²) >= 11 is 1.33. The molecule has 2 amide bonds. The van der Waals surface area contributed by atoms with Gasteiger partial charge in [0.25, 0.3) is 0 Å². The van der Waals surface area contributed by atoms with E-state index in [1.165, 1.54) is 11.3 Å². The van der Waals surface area contributed by atoms with Crippen molar-refractivity contribution in [3.05, 3.63) is 11.6 Å². The third-order valence-electron chi connectivity index (χ3n) is 3.01. The van der Waals surface area contributed by atoms with Crippen LogP contribution in [0.25, 0.3) is 0 Å². The lowest BCUT2D eigenvalue weighted by atomic mass is 10.0. The Morgan fingerprint density at radius 3 is 2.57 bits per heavy atom. The second-order valence-electron chi connectivity index (χ2n) is 5.61. The number of nitrogens with one attached hydrogen (secondary N) is 2. The van der Waals surface area contributed by atoms with E-state index in [9.17, 15) is 9.59 Å². The summed E-state index contributed by atoms with van der Waals surface area (Å²) in [5.41, 5.74) is 0. The zero-order chi connectivity index (χ0) is 15.8. The molecular formula is C14H24N4O2S. The molecule has 1 atom stereocenters. The Balaban J connectivity index is 2.33. The highest BCUT2D eigenvalue weighted by Gasteiger charge is 2.16. The number of amides is 2. The SMILES string of the molecule is CC(C)CC(CNC(=O)CC(=O)Nc1nccs1)N(C)C. The van der Waals surface area contributed by atoms with E-state index in [2.05, 4.69) is 34.4 Å². The van der Waals surface area contributed by atoms with Crippen molar-refractivity contribution in [1.29, 1.82) is 0 Å². The first kappa shape index (κ1) is 17.6. The molecule has 0 aromatic carbocycles. The van der Waals surface area contributed by atoms with Crippen molar-refractivity contribution in [2.75, 3.05) is 26.0 Å². The van der Waals surface area contributed by atoms with Gasteiger partial charge < -0.3 is 15.5 Å². The Morgan fingerprint density at radius 2 is 2.05 bits per heavy atom. The Labute approximate surface area is 129 Å². The molecule has 1 unspecified atom stereocenters. The molecule has 118 valence electrons. The fourth-order valence-corrected chi connectivity index (χ4v) is 2.45. The number of aromatic nitrogens is 1. The molecule has 0 aliphatic carbocycles. The highest BCUT2D eigenvalue weighted by atomic mass is 32.1. The Hall–Kier alpha value is -1.47. The molecule has 21 heavy (non-hydrogen) atoms. The van der Waals surface area contributed by atoms with Crippen molar-refractivity contribution < 1.29 is 9.59 Å². The van der Waals surface area contributed by atoms with Crippen LogP contribution in [0.4, 0.5) is 5.13 Å². The van der Waals surface area contributed by atoms with Gasteiger partial charge in [-0.05, 0) is 26.4 Å². The van der Waals surface area contributed by atoms with Gasteiger partial charge in [-0.1, -0.05) is 13.8 Å². The third-order valence-corrected chi connectivity index (χ3v) is 3.70. The van der Waals surface area contributed by atoms with E-state index >= 15 is 0 Å². The van der Waals surface area contributed by atoms with Crippen LogP contribution in [0.1, 0.15) is 26.7 Å². The Bertz CT molecular complexity index is 446. The van der Waals surface area contributed by atoms with Crippen LogP contribution < -0.4 is 10.6 Å². The maximum atomic E-state index is 11.8. The van der Waals surface area contributed by atoms with E-state index in [1.807, 2.05) is 14.1 Å². The van der Waals surface area contributed by atoms with Crippen LogP contribution in [0.15, 0.2) is 11.6 Å². The minimum Gasteiger partial charge on any atom is -0.354 e. The largest absolute Gasteiger partial charge is 0.354 e. The van der Waals surface area contributed by atoms with Gasteiger partial charge >= 0.3 is 0 Å². The van der Waals surface area contributed by atoms with Gasteiger partial charge in [0, 0.05) is 24.2 Å². The lowest BCUT2D eigenvalue weighted by molar-refractivity contribution is -0.126. The average Bonchev–Trinajstić information content (AvgIpc) is 2.86. The molecule has 0 bridgehead atoms. The van der Waals surface area contributed by atoms with Gasteiger partial charge in [0.1, 0.15) is 6.42 Å². The summed E-state index contributed by atoms with van der Waals surface area (Å²) in [6.07, 6.45) is 2.42. The molecule has 2 N–H and O–H groups in total. The first-order valence-corrected chi connectivity index (χ1v) is 7.89. The summed E-state index contributed by atoms with van der Waals surface area (Å²) in [7, 11) is 3.99. The predicted octanol–water partition coefficient (Wildman–Crippen LogP) is 1.56. The lowest BCUT2D eigenvalue weighted by Crippen LogP contribution is -2.41. The summed E-state index contributed by atoms with van der Waals surface area (Å²) in [5, 5.41) is 7.69. The second kappa shape index (κ2) is 8.74. The third kappa shape index (κ3) is 7.19. The van der Waals surface area contributed by atoms with Crippen LogP contribution >= 0.6 is 11.3 Å². The number of rotatable bonds is 8. The van der Waals surface area contributed by atoms with Crippen molar-refractivity contribution >= 4 is 28.3 Å². The molecular weight excluding hydrogens is 288 g/mol. The van der Waals surface area contributed by atoms with Crippen molar-refractivity contribution in [1.82, 2.24) is 15.2 Å². The van der Waals surface area contributed by atoms with Gasteiger partial charge in [-0.25, -0.2) is 4.98 Å². The smallest absolute Gasteiger partial charge is 0.235 e. The minimum atomic E-state index is -0.340. The molecule has 1 heterocycles. The first-order valence-electron chi connectivity index (χ1n) is 7.01. The molecule has 6 nitrogen and oxygen atoms in total. The van der Waals surface area contributed by atoms with Gasteiger partial charge in [-0.15, -0.1) is 11.3 Å². The topological polar surface area (TPSA) is 74.3 Å². The number of thiazole rings is 1. The fourth-order valence-electron chi connectivity index (χ4n) is 1.91. The normalized spacial score (nSPS) is 12.5. The van der Waals surface area contributed by atoms with Crippen LogP contribution in [0.2, 0.25) is 0 Å². The number of hydrogen-bond acceptors (Lipinski definition) is 5. The van der Waals surface area contributed by atoms with Crippen molar-refractivity contribution in [2.24, 2.45) is 5.92 Å². The standard InChI is InChI=1S/C14H24N4O2S/c1-10(2)7-11(18(3)4)9-16-12(19)8-13(20)17-14-15-5-6-21-14/h5-6,10-11H,7-9H2,1-4H3,(H,16,19)(H,15,17,20). The monoisotopic (exact) mass is 312 g/mol. The summed E-state index contributed by atoms with van der Waals surface area (Å²) < 4.78 is 0. The summed E-state index contributed by atoms with van der Waals surface area (Å²) in [6.45, 7) is 4.86. The van der Waals surface area contributed by atoms with Gasteiger partial charge in [-0.3, -0.25) is 9.59 Å². The lowest BCUT2D eigenvalue weighted by Gasteiger charge is -2.26. The number of carbonyl (C=O) groups is 2. The molecule has 0 spiro atoms. The quantitative estimate of drug-likeness (QED) is 0.715. The van der Waals surface area contributed by atoms with E-state index in [-0.39, 0.29) is 24.3 Å². The van der Waals surface area contributed by atoms with Crippen molar-refractivity contribution in [3.63, 3.8) is 0 Å². The highest BCUT2D eigenvalue weighted by Crippen LogP contribution is 2.10. The average molecular weight is 312 g/mol. The number of anilines is 1.